The molecule has 2 aromatic rings. The van der Waals surface area contributed by atoms with E-state index in [1.807, 2.05) is 0 Å². The molecular weight excluding hydrogens is 405 g/mol. The molecule has 1 saturated heterocycles. The number of aromatic nitrogens is 3. The zero-order valence-corrected chi connectivity index (χ0v) is 16.2. The van der Waals surface area contributed by atoms with Crippen molar-refractivity contribution >= 4 is 17.9 Å². The molecule has 0 unspecified atom stereocenters. The maximum atomic E-state index is 12.7. The van der Waals surface area contributed by atoms with Gasteiger partial charge in [-0.05, 0) is 13.0 Å². The van der Waals surface area contributed by atoms with Gasteiger partial charge in [0, 0.05) is 51.0 Å². The number of piperazine rings is 1. The summed E-state index contributed by atoms with van der Waals surface area (Å²) in [6.45, 7) is 3.62. The maximum Gasteiger partial charge on any atom is 0.419 e. The minimum Gasteiger partial charge on any atom is -0.445 e. The number of carbonyl (C=O) groups excluding carboxylic acids is 2. The summed E-state index contributed by atoms with van der Waals surface area (Å²) in [5.41, 5.74) is 4.57. The second-order valence-electron chi connectivity index (χ2n) is 6.89. The molecule has 1 aliphatic rings. The van der Waals surface area contributed by atoms with Gasteiger partial charge >= 0.3 is 12.3 Å². The minimum atomic E-state index is -4.48. The molecule has 1 fully saturated rings. The predicted octanol–water partition coefficient (Wildman–Crippen LogP) is 1.74. The molecule has 2 amide bonds. The second-order valence-corrected chi connectivity index (χ2v) is 6.89. The van der Waals surface area contributed by atoms with Gasteiger partial charge in [-0.2, -0.15) is 13.2 Å². The van der Waals surface area contributed by atoms with E-state index in [1.165, 1.54) is 0 Å². The molecular formula is C18H21F3N6O3. The van der Waals surface area contributed by atoms with Crippen molar-refractivity contribution in [3.8, 4) is 0 Å². The van der Waals surface area contributed by atoms with Gasteiger partial charge in [0.25, 0.3) is 5.91 Å². The fraction of sp³-hybridized carbons (Fsp3) is 0.444. The predicted molar refractivity (Wildman–Crippen MR) is 99.7 cm³/mol. The molecule has 0 aliphatic carbocycles. The van der Waals surface area contributed by atoms with Gasteiger partial charge in [-0.1, -0.05) is 0 Å². The lowest BCUT2D eigenvalue weighted by Crippen LogP contribution is -2.49. The molecule has 1 aliphatic heterocycles. The number of nitrogens with two attached hydrogens (primary N) is 1. The van der Waals surface area contributed by atoms with Crippen molar-refractivity contribution in [2.45, 2.75) is 25.7 Å². The topological polar surface area (TPSA) is 107 Å². The van der Waals surface area contributed by atoms with E-state index in [9.17, 15) is 22.8 Å². The van der Waals surface area contributed by atoms with Gasteiger partial charge in [0.2, 0.25) is 5.95 Å². The zero-order valence-electron chi connectivity index (χ0n) is 16.2. The number of rotatable bonds is 5. The van der Waals surface area contributed by atoms with E-state index in [0.29, 0.717) is 38.3 Å². The van der Waals surface area contributed by atoms with Gasteiger partial charge in [-0.25, -0.2) is 14.8 Å². The van der Waals surface area contributed by atoms with Crippen molar-refractivity contribution in [1.82, 2.24) is 19.4 Å². The Labute approximate surface area is 170 Å². The summed E-state index contributed by atoms with van der Waals surface area (Å²) in [5, 5.41) is 0. The molecule has 12 heteroatoms. The van der Waals surface area contributed by atoms with E-state index >= 15 is 0 Å². The summed E-state index contributed by atoms with van der Waals surface area (Å²) >= 11 is 0. The first kappa shape index (κ1) is 21.4. The molecule has 0 aromatic carbocycles. The molecule has 30 heavy (non-hydrogen) atoms. The molecule has 0 radical (unpaired) electrons. The molecule has 9 nitrogen and oxygen atoms in total. The van der Waals surface area contributed by atoms with Gasteiger partial charge in [0.1, 0.15) is 6.10 Å². The lowest BCUT2D eigenvalue weighted by Gasteiger charge is -2.34. The Morgan fingerprint density at radius 2 is 1.83 bits per heavy atom. The molecule has 0 bridgehead atoms. The summed E-state index contributed by atoms with van der Waals surface area (Å²) < 4.78 is 44.5. The number of nitrogens with zero attached hydrogens (tertiary/aromatic N) is 5. The highest BCUT2D eigenvalue weighted by Gasteiger charge is 2.32. The number of hydrogen-bond acceptors (Lipinski definition) is 6. The largest absolute Gasteiger partial charge is 0.445 e. The van der Waals surface area contributed by atoms with E-state index < -0.39 is 23.9 Å². The first-order valence-electron chi connectivity index (χ1n) is 9.19. The Morgan fingerprint density at radius 3 is 2.40 bits per heavy atom. The van der Waals surface area contributed by atoms with Crippen molar-refractivity contribution in [2.24, 2.45) is 5.73 Å². The Hall–Kier alpha value is -3.31. The van der Waals surface area contributed by atoms with Crippen LogP contribution in [-0.4, -0.2) is 63.7 Å². The molecule has 0 spiro atoms. The molecule has 1 atom stereocenters. The number of alkyl halides is 3. The van der Waals surface area contributed by atoms with Crippen LogP contribution in [0.3, 0.4) is 0 Å². The fourth-order valence-electron chi connectivity index (χ4n) is 3.14. The fourth-order valence-corrected chi connectivity index (χ4v) is 3.14. The van der Waals surface area contributed by atoms with E-state index in [1.54, 1.807) is 39.8 Å². The number of halogens is 3. The van der Waals surface area contributed by atoms with Crippen LogP contribution in [0, 0.1) is 0 Å². The first-order valence-corrected chi connectivity index (χ1v) is 9.19. The third-order valence-electron chi connectivity index (χ3n) is 4.60. The van der Waals surface area contributed by atoms with Crippen molar-refractivity contribution in [3.63, 3.8) is 0 Å². The van der Waals surface area contributed by atoms with E-state index in [-0.39, 0.29) is 11.9 Å². The Balaban J connectivity index is 1.55. The summed E-state index contributed by atoms with van der Waals surface area (Å²) in [5.74, 6) is 0.0369. The lowest BCUT2D eigenvalue weighted by molar-refractivity contribution is -0.138. The van der Waals surface area contributed by atoms with Crippen LogP contribution in [0.1, 0.15) is 22.8 Å². The van der Waals surface area contributed by atoms with Crippen molar-refractivity contribution in [3.05, 3.63) is 42.0 Å². The smallest absolute Gasteiger partial charge is 0.419 e. The van der Waals surface area contributed by atoms with E-state index in [4.69, 9.17) is 10.5 Å². The SMILES string of the molecule is C[C@@H](Cn1ccc(C(=O)N2CCN(c3ncc(C(F)(F)F)cn3)CC2)c1)OC(N)=O. The standard InChI is InChI=1S/C18H21F3N6O3/c1-12(30-16(22)29)10-25-3-2-13(11-25)15(28)26-4-6-27(7-5-26)17-23-8-14(9-24-17)18(19,20)21/h2-3,8-9,11-12H,4-7,10H2,1H3,(H2,22,29)/t12-/m0/s1. The number of amides is 2. The number of anilines is 1. The van der Waals surface area contributed by atoms with Crippen molar-refractivity contribution < 1.29 is 27.5 Å². The van der Waals surface area contributed by atoms with Gasteiger partial charge in [0.15, 0.2) is 0 Å². The Kier molecular flexibility index (Phi) is 6.13. The minimum absolute atomic E-state index is 0.162. The van der Waals surface area contributed by atoms with Crippen LogP contribution in [0.2, 0.25) is 0 Å². The quantitative estimate of drug-likeness (QED) is 0.781. The molecule has 2 aromatic heterocycles. The molecule has 2 N–H and O–H groups in total. The number of primary amides is 1. The molecule has 0 saturated carbocycles. The first-order chi connectivity index (χ1) is 14.1. The molecule has 3 heterocycles. The number of hydrogen-bond donors (Lipinski definition) is 1. The zero-order chi connectivity index (χ0) is 21.9. The van der Waals surface area contributed by atoms with Gasteiger partial charge < -0.3 is 24.8 Å². The highest BCUT2D eigenvalue weighted by atomic mass is 19.4. The lowest BCUT2D eigenvalue weighted by atomic mass is 10.2. The average Bonchev–Trinajstić information content (AvgIpc) is 3.14. The van der Waals surface area contributed by atoms with Crippen LogP contribution in [0.15, 0.2) is 30.9 Å². The summed E-state index contributed by atoms with van der Waals surface area (Å²) in [6.07, 6.45) is -0.901. The molecule has 162 valence electrons. The van der Waals surface area contributed by atoms with Crippen LogP contribution < -0.4 is 10.6 Å². The van der Waals surface area contributed by atoms with Crippen molar-refractivity contribution in [1.29, 1.82) is 0 Å². The summed E-state index contributed by atoms with van der Waals surface area (Å²) in [7, 11) is 0. The summed E-state index contributed by atoms with van der Waals surface area (Å²) in [4.78, 5) is 34.5. The molecule has 3 rings (SSSR count). The van der Waals surface area contributed by atoms with Crippen LogP contribution in [-0.2, 0) is 17.5 Å². The normalized spacial score (nSPS) is 15.7. The van der Waals surface area contributed by atoms with Gasteiger partial charge in [0.05, 0.1) is 17.7 Å². The third-order valence-corrected chi connectivity index (χ3v) is 4.60. The van der Waals surface area contributed by atoms with Gasteiger partial charge in [-0.15, -0.1) is 0 Å². The van der Waals surface area contributed by atoms with E-state index in [0.717, 1.165) is 12.4 Å². The van der Waals surface area contributed by atoms with Crippen LogP contribution in [0.4, 0.5) is 23.9 Å². The average molecular weight is 426 g/mol. The summed E-state index contributed by atoms with van der Waals surface area (Å²) in [6, 6.07) is 1.67. The number of ether oxygens (including phenoxy) is 1. The second kappa shape index (κ2) is 8.59. The Morgan fingerprint density at radius 1 is 1.20 bits per heavy atom. The number of carbonyl (C=O) groups is 2. The Bertz CT molecular complexity index is 891. The third kappa shape index (κ3) is 5.19. The highest BCUT2D eigenvalue weighted by molar-refractivity contribution is 5.94. The highest BCUT2D eigenvalue weighted by Crippen LogP contribution is 2.28. The maximum absolute atomic E-state index is 12.7. The van der Waals surface area contributed by atoms with Crippen LogP contribution in [0.25, 0.3) is 0 Å². The monoisotopic (exact) mass is 426 g/mol. The van der Waals surface area contributed by atoms with Gasteiger partial charge in [-0.3, -0.25) is 4.79 Å². The van der Waals surface area contributed by atoms with E-state index in [2.05, 4.69) is 9.97 Å². The van der Waals surface area contributed by atoms with Crippen molar-refractivity contribution in [2.75, 3.05) is 31.1 Å². The van der Waals surface area contributed by atoms with Crippen LogP contribution >= 0.6 is 0 Å². The van der Waals surface area contributed by atoms with Crippen LogP contribution in [0.5, 0.6) is 0 Å².